The summed E-state index contributed by atoms with van der Waals surface area (Å²) in [6.07, 6.45) is 0. The van der Waals surface area contributed by atoms with Crippen LogP contribution in [0.1, 0.15) is 22.2 Å². The van der Waals surface area contributed by atoms with Gasteiger partial charge in [-0.05, 0) is 20.8 Å². The summed E-state index contributed by atoms with van der Waals surface area (Å²) < 4.78 is 0. The van der Waals surface area contributed by atoms with Crippen molar-refractivity contribution in [2.45, 2.75) is 20.8 Å². The van der Waals surface area contributed by atoms with Crippen molar-refractivity contribution in [2.75, 3.05) is 0 Å². The molecule has 44 valence electrons. The first-order chi connectivity index (χ1) is 2.94. The van der Waals surface area contributed by atoms with Gasteiger partial charge in [-0.3, -0.25) is 4.79 Å². The van der Waals surface area contributed by atoms with E-state index in [0.29, 0.717) is 0 Å². The molecule has 0 heterocycles. The van der Waals surface area contributed by atoms with Crippen LogP contribution in [0.5, 0.6) is 0 Å². The molecule has 0 bridgehead atoms. The van der Waals surface area contributed by atoms with Gasteiger partial charge in [0.25, 0.3) is 0 Å². The van der Waals surface area contributed by atoms with Crippen LogP contribution in [0.15, 0.2) is 0 Å². The van der Waals surface area contributed by atoms with Gasteiger partial charge in [-0.1, -0.05) is 0 Å². The van der Waals surface area contributed by atoms with Crippen molar-refractivity contribution < 1.29 is 80.2 Å². The topological polar surface area (TPSA) is 37.3 Å². The van der Waals surface area contributed by atoms with Gasteiger partial charge in [0.1, 0.15) is 0 Å². The van der Waals surface area contributed by atoms with E-state index in [9.17, 15) is 4.79 Å². The molecule has 0 atom stereocenters. The number of carboxylic acids is 1. The smallest absolute Gasteiger partial charge is 1.00 e. The van der Waals surface area contributed by atoms with E-state index in [1.807, 2.05) is 0 Å². The Hall–Kier alpha value is 1.52. The van der Waals surface area contributed by atoms with Gasteiger partial charge in [0.2, 0.25) is 0 Å². The van der Waals surface area contributed by atoms with Crippen molar-refractivity contribution in [3.05, 3.63) is 0 Å². The molecular formula is C5H11CsO2. The molecule has 0 aromatic carbocycles. The molecule has 0 saturated heterocycles. The predicted octanol–water partition coefficient (Wildman–Crippen LogP) is -1.77. The van der Waals surface area contributed by atoms with E-state index in [4.69, 9.17) is 5.11 Å². The molecule has 0 aliphatic heterocycles. The molecule has 0 saturated carbocycles. The van der Waals surface area contributed by atoms with Crippen LogP contribution < -0.4 is 68.9 Å². The molecule has 3 heteroatoms. The van der Waals surface area contributed by atoms with Gasteiger partial charge in [0.15, 0.2) is 0 Å². The molecule has 0 fully saturated rings. The predicted molar refractivity (Wildman–Crippen MR) is 28.2 cm³/mol. The molecule has 2 nitrogen and oxygen atoms in total. The maximum absolute atomic E-state index is 10.0. The summed E-state index contributed by atoms with van der Waals surface area (Å²) in [5, 5.41) is 8.25. The molecule has 0 aliphatic rings. The Kier molecular flexibility index (Phi) is 6.65. The Morgan fingerprint density at radius 2 is 1.62 bits per heavy atom. The molecule has 1 N–H and O–H groups in total. The van der Waals surface area contributed by atoms with Crippen molar-refractivity contribution in [3.63, 3.8) is 0 Å². The molecule has 0 unspecified atom stereocenters. The normalized spacial score (nSPS) is 9.88. The second-order valence-corrected chi connectivity index (χ2v) is 2.56. The Bertz CT molecular complexity index is 87.4. The van der Waals surface area contributed by atoms with Crippen molar-refractivity contribution >= 4 is 5.97 Å². The molecule has 0 spiro atoms. The first kappa shape index (κ1) is 12.2. The van der Waals surface area contributed by atoms with Gasteiger partial charge in [-0.2, -0.15) is 0 Å². The standard InChI is InChI=1S/C5H10O2.Cs.H/c1-5(2,3)4(6)7;;/h1-3H3,(H,6,7);;/q;+1;-1. The summed E-state index contributed by atoms with van der Waals surface area (Å²) in [4.78, 5) is 10.0. The third-order valence-corrected chi connectivity index (χ3v) is 0.642. The van der Waals surface area contributed by atoms with Crippen molar-refractivity contribution in [1.29, 1.82) is 0 Å². The van der Waals surface area contributed by atoms with Gasteiger partial charge in [0, 0.05) is 0 Å². The molecule has 8 heavy (non-hydrogen) atoms. The third kappa shape index (κ3) is 5.65. The Labute approximate surface area is 110 Å². The maximum Gasteiger partial charge on any atom is 1.00 e. The maximum atomic E-state index is 10.0. The van der Waals surface area contributed by atoms with Gasteiger partial charge < -0.3 is 6.53 Å². The zero-order chi connectivity index (χ0) is 6.08. The van der Waals surface area contributed by atoms with Crippen LogP contribution in [-0.4, -0.2) is 11.1 Å². The zero-order valence-electron chi connectivity index (χ0n) is 6.86. The minimum atomic E-state index is -0.757. The Morgan fingerprint density at radius 1 is 1.50 bits per heavy atom. The number of rotatable bonds is 0. The van der Waals surface area contributed by atoms with Crippen molar-refractivity contribution in [1.82, 2.24) is 0 Å². The molecule has 0 radical (unpaired) electrons. The van der Waals surface area contributed by atoms with Crippen molar-refractivity contribution in [3.8, 4) is 0 Å². The van der Waals surface area contributed by atoms with E-state index in [0.717, 1.165) is 0 Å². The minimum absolute atomic E-state index is 0. The number of aliphatic carboxylic acids is 1. The summed E-state index contributed by atoms with van der Waals surface area (Å²) >= 11 is 0. The number of hydrogen-bond donors (Lipinski definition) is 1. The summed E-state index contributed by atoms with van der Waals surface area (Å²) in [6.45, 7) is 4.99. The van der Waals surface area contributed by atoms with Crippen LogP contribution in [-0.2, 0) is 4.79 Å². The second-order valence-electron chi connectivity index (χ2n) is 2.56. The minimum Gasteiger partial charge on any atom is -1.00 e. The van der Waals surface area contributed by atoms with Crippen LogP contribution in [0, 0.1) is 5.41 Å². The molecule has 0 aromatic heterocycles. The van der Waals surface area contributed by atoms with E-state index < -0.39 is 11.4 Å². The van der Waals surface area contributed by atoms with Gasteiger partial charge in [-0.25, -0.2) is 0 Å². The van der Waals surface area contributed by atoms with E-state index in [2.05, 4.69) is 0 Å². The van der Waals surface area contributed by atoms with Crippen molar-refractivity contribution in [2.24, 2.45) is 5.41 Å². The fraction of sp³-hybridized carbons (Fsp3) is 0.800. The average molecular weight is 236 g/mol. The van der Waals surface area contributed by atoms with Crippen LogP contribution in [0.4, 0.5) is 0 Å². The number of carboxylic acid groups (broad SMARTS) is 1. The fourth-order valence-corrected chi connectivity index (χ4v) is 0. The molecule has 0 aromatic rings. The van der Waals surface area contributed by atoms with Crippen LogP contribution in [0.3, 0.4) is 0 Å². The molecule has 0 amide bonds. The Morgan fingerprint density at radius 3 is 1.62 bits per heavy atom. The van der Waals surface area contributed by atoms with E-state index in [1.54, 1.807) is 20.8 Å². The largest absolute Gasteiger partial charge is 1.00 e. The summed E-state index contributed by atoms with van der Waals surface area (Å²) in [5.74, 6) is -0.757. The van der Waals surface area contributed by atoms with Gasteiger partial charge in [0.05, 0.1) is 5.41 Å². The van der Waals surface area contributed by atoms with Crippen LogP contribution in [0.2, 0.25) is 0 Å². The number of carbonyl (C=O) groups is 1. The van der Waals surface area contributed by atoms with E-state index in [-0.39, 0.29) is 70.3 Å². The van der Waals surface area contributed by atoms with E-state index >= 15 is 0 Å². The summed E-state index contributed by atoms with van der Waals surface area (Å²) in [6, 6.07) is 0. The monoisotopic (exact) mass is 236 g/mol. The third-order valence-electron chi connectivity index (χ3n) is 0.642. The van der Waals surface area contributed by atoms with Gasteiger partial charge >= 0.3 is 74.9 Å². The summed E-state index contributed by atoms with van der Waals surface area (Å²) in [5.41, 5.74) is -0.583. The van der Waals surface area contributed by atoms with E-state index in [1.165, 1.54) is 0 Å². The SMILES string of the molecule is CC(C)(C)C(=O)O.[Cs+].[H-]. The average Bonchev–Trinajstić information content (AvgIpc) is 1.31. The second kappa shape index (κ2) is 4.36. The fourth-order valence-electron chi connectivity index (χ4n) is 0. The molecule has 0 rings (SSSR count). The van der Waals surface area contributed by atoms with Crippen LogP contribution in [0.25, 0.3) is 0 Å². The molecular weight excluding hydrogens is 225 g/mol. The quantitative estimate of drug-likeness (QED) is 0.540. The van der Waals surface area contributed by atoms with Crippen LogP contribution >= 0.6 is 0 Å². The molecule has 0 aliphatic carbocycles. The first-order valence-corrected chi connectivity index (χ1v) is 2.18. The number of hydrogen-bond acceptors (Lipinski definition) is 1. The first-order valence-electron chi connectivity index (χ1n) is 2.18. The Balaban J connectivity index is -0.000000180. The zero-order valence-corrected chi connectivity index (χ0v) is 12.1. The summed E-state index contributed by atoms with van der Waals surface area (Å²) in [7, 11) is 0. The van der Waals surface area contributed by atoms with Gasteiger partial charge in [-0.15, -0.1) is 0 Å².